The highest BCUT2D eigenvalue weighted by Crippen LogP contribution is 2.21. The van der Waals surface area contributed by atoms with Crippen molar-refractivity contribution in [3.8, 4) is 0 Å². The minimum absolute atomic E-state index is 0.317. The van der Waals surface area contributed by atoms with Crippen molar-refractivity contribution in [2.24, 2.45) is 5.84 Å². The average Bonchev–Trinajstić information content (AvgIpc) is 2.72. The molecule has 0 spiro atoms. The van der Waals surface area contributed by atoms with Crippen LogP contribution in [0.3, 0.4) is 0 Å². The number of furan rings is 1. The lowest BCUT2D eigenvalue weighted by Crippen LogP contribution is -2.36. The van der Waals surface area contributed by atoms with Crippen molar-refractivity contribution in [2.75, 3.05) is 6.54 Å². The van der Waals surface area contributed by atoms with Gasteiger partial charge in [-0.15, -0.1) is 0 Å². The third-order valence-electron chi connectivity index (χ3n) is 3.61. The number of nitrogens with two attached hydrogens (primary N) is 1. The second-order valence-electron chi connectivity index (χ2n) is 5.01. The van der Waals surface area contributed by atoms with Gasteiger partial charge in [0.05, 0.1) is 6.54 Å². The largest absolute Gasteiger partial charge is 0.454 e. The Morgan fingerprint density at radius 1 is 1.61 bits per heavy atom. The number of hydrogen-bond donors (Lipinski definition) is 2. The minimum Gasteiger partial charge on any atom is -0.454 e. The molecule has 5 heteroatoms. The Bertz CT molecular complexity index is 428. The van der Waals surface area contributed by atoms with E-state index in [-0.39, 0.29) is 5.91 Å². The number of hydrazine groups is 1. The number of carbonyl (C=O) groups is 1. The first-order chi connectivity index (χ1) is 8.61. The number of rotatable bonds is 3. The topological polar surface area (TPSA) is 71.5 Å². The van der Waals surface area contributed by atoms with Gasteiger partial charge in [-0.25, -0.2) is 5.84 Å². The van der Waals surface area contributed by atoms with Crippen LogP contribution in [0.15, 0.2) is 10.5 Å². The van der Waals surface area contributed by atoms with Crippen LogP contribution in [0.25, 0.3) is 0 Å². The Labute approximate surface area is 107 Å². The lowest BCUT2D eigenvalue weighted by Gasteiger charge is -2.32. The van der Waals surface area contributed by atoms with E-state index in [2.05, 4.69) is 17.2 Å². The van der Waals surface area contributed by atoms with Crippen molar-refractivity contribution in [2.45, 2.75) is 45.7 Å². The van der Waals surface area contributed by atoms with Gasteiger partial charge in [-0.3, -0.25) is 15.1 Å². The van der Waals surface area contributed by atoms with E-state index in [1.807, 2.05) is 13.0 Å². The van der Waals surface area contributed by atoms with Crippen LogP contribution < -0.4 is 11.3 Å². The van der Waals surface area contributed by atoms with Crippen LogP contribution in [0.2, 0.25) is 0 Å². The van der Waals surface area contributed by atoms with Gasteiger partial charge in [0.2, 0.25) is 0 Å². The van der Waals surface area contributed by atoms with Crippen LogP contribution in [0, 0.1) is 6.92 Å². The average molecular weight is 251 g/mol. The molecule has 1 amide bonds. The highest BCUT2D eigenvalue weighted by atomic mass is 16.4. The summed E-state index contributed by atoms with van der Waals surface area (Å²) in [7, 11) is 0. The van der Waals surface area contributed by atoms with Crippen molar-refractivity contribution in [1.29, 1.82) is 0 Å². The van der Waals surface area contributed by atoms with E-state index in [0.29, 0.717) is 11.8 Å². The van der Waals surface area contributed by atoms with Gasteiger partial charge in [0.1, 0.15) is 5.76 Å². The summed E-state index contributed by atoms with van der Waals surface area (Å²) in [5, 5.41) is 0. The Morgan fingerprint density at radius 2 is 2.39 bits per heavy atom. The predicted octanol–water partition coefficient (Wildman–Crippen LogP) is 1.57. The monoisotopic (exact) mass is 251 g/mol. The summed E-state index contributed by atoms with van der Waals surface area (Å²) in [6.07, 6.45) is 3.77. The summed E-state index contributed by atoms with van der Waals surface area (Å²) in [5.74, 6) is 5.90. The first-order valence-corrected chi connectivity index (χ1v) is 6.46. The number of nitrogen functional groups attached to an aromatic ring is 1. The standard InChI is InChI=1S/C13H21N3O2/c1-9-7-11(18-12(9)13(17)15-14)8-16-6-4-3-5-10(16)2/h7,10H,3-6,8,14H2,1-2H3,(H,15,17). The minimum atomic E-state index is -0.370. The fourth-order valence-corrected chi connectivity index (χ4v) is 2.51. The van der Waals surface area contributed by atoms with Gasteiger partial charge in [0, 0.05) is 11.6 Å². The maximum absolute atomic E-state index is 11.5. The molecule has 0 aliphatic carbocycles. The Hall–Kier alpha value is -1.33. The highest BCUT2D eigenvalue weighted by Gasteiger charge is 2.21. The van der Waals surface area contributed by atoms with E-state index in [1.165, 1.54) is 19.3 Å². The summed E-state index contributed by atoms with van der Waals surface area (Å²) < 4.78 is 5.58. The van der Waals surface area contributed by atoms with Crippen LogP contribution in [-0.2, 0) is 6.54 Å². The molecule has 3 N–H and O–H groups in total. The molecule has 18 heavy (non-hydrogen) atoms. The molecule has 1 fully saturated rings. The first-order valence-electron chi connectivity index (χ1n) is 6.46. The molecule has 1 aromatic rings. The fourth-order valence-electron chi connectivity index (χ4n) is 2.51. The molecule has 1 aliphatic heterocycles. The number of carbonyl (C=O) groups excluding carboxylic acids is 1. The molecule has 1 aliphatic rings. The number of piperidine rings is 1. The van der Waals surface area contributed by atoms with Gasteiger partial charge in [-0.05, 0) is 39.3 Å². The Kier molecular flexibility index (Phi) is 4.04. The molecule has 1 atom stereocenters. The van der Waals surface area contributed by atoms with E-state index in [9.17, 15) is 4.79 Å². The van der Waals surface area contributed by atoms with Gasteiger partial charge < -0.3 is 4.42 Å². The number of nitrogens with one attached hydrogen (secondary N) is 1. The summed E-state index contributed by atoms with van der Waals surface area (Å²) in [6, 6.07) is 2.50. The third-order valence-corrected chi connectivity index (χ3v) is 3.61. The maximum atomic E-state index is 11.5. The van der Waals surface area contributed by atoms with Crippen molar-refractivity contribution in [1.82, 2.24) is 10.3 Å². The van der Waals surface area contributed by atoms with Crippen molar-refractivity contribution in [3.63, 3.8) is 0 Å². The number of hydrogen-bond acceptors (Lipinski definition) is 4. The van der Waals surface area contributed by atoms with Gasteiger partial charge >= 0.3 is 5.91 Å². The second kappa shape index (κ2) is 5.54. The normalized spacial score (nSPS) is 20.9. The molecule has 1 aromatic heterocycles. The van der Waals surface area contributed by atoms with Crippen LogP contribution >= 0.6 is 0 Å². The zero-order chi connectivity index (χ0) is 13.1. The first kappa shape index (κ1) is 13.1. The molecule has 0 radical (unpaired) electrons. The van der Waals surface area contributed by atoms with Gasteiger partial charge in [-0.2, -0.15) is 0 Å². The summed E-state index contributed by atoms with van der Waals surface area (Å²) >= 11 is 0. The van der Waals surface area contributed by atoms with E-state index < -0.39 is 0 Å². The highest BCUT2D eigenvalue weighted by molar-refractivity contribution is 5.92. The van der Waals surface area contributed by atoms with Crippen LogP contribution in [0.5, 0.6) is 0 Å². The zero-order valence-corrected chi connectivity index (χ0v) is 11.0. The quantitative estimate of drug-likeness (QED) is 0.486. The number of nitrogens with zero attached hydrogens (tertiary/aromatic N) is 1. The predicted molar refractivity (Wildman–Crippen MR) is 68.8 cm³/mol. The molecule has 2 heterocycles. The molecule has 1 saturated heterocycles. The Morgan fingerprint density at radius 3 is 3.06 bits per heavy atom. The smallest absolute Gasteiger partial charge is 0.301 e. The number of amides is 1. The lowest BCUT2D eigenvalue weighted by molar-refractivity contribution is 0.0917. The van der Waals surface area contributed by atoms with E-state index in [0.717, 1.165) is 24.4 Å². The lowest BCUT2D eigenvalue weighted by atomic mass is 10.0. The summed E-state index contributed by atoms with van der Waals surface area (Å²) in [4.78, 5) is 13.9. The number of aryl methyl sites for hydroxylation is 1. The molecule has 2 rings (SSSR count). The van der Waals surface area contributed by atoms with Crippen molar-refractivity contribution in [3.05, 3.63) is 23.2 Å². The molecular weight excluding hydrogens is 230 g/mol. The molecule has 100 valence electrons. The molecular formula is C13H21N3O2. The summed E-state index contributed by atoms with van der Waals surface area (Å²) in [5.41, 5.74) is 2.93. The van der Waals surface area contributed by atoms with Gasteiger partial charge in [0.15, 0.2) is 5.76 Å². The maximum Gasteiger partial charge on any atom is 0.301 e. The van der Waals surface area contributed by atoms with Gasteiger partial charge in [0.25, 0.3) is 0 Å². The fraction of sp³-hybridized carbons (Fsp3) is 0.615. The number of likely N-dealkylation sites (tertiary alicyclic amines) is 1. The van der Waals surface area contributed by atoms with Crippen LogP contribution in [0.4, 0.5) is 0 Å². The SMILES string of the molecule is Cc1cc(CN2CCCCC2C)oc1C(=O)NN. The van der Waals surface area contributed by atoms with Crippen LogP contribution in [0.1, 0.15) is 48.1 Å². The second-order valence-corrected chi connectivity index (χ2v) is 5.01. The van der Waals surface area contributed by atoms with Gasteiger partial charge in [-0.1, -0.05) is 6.42 Å². The van der Waals surface area contributed by atoms with E-state index in [1.54, 1.807) is 0 Å². The molecule has 1 unspecified atom stereocenters. The Balaban J connectivity index is 2.07. The third kappa shape index (κ3) is 2.73. The van der Waals surface area contributed by atoms with Crippen molar-refractivity contribution >= 4 is 5.91 Å². The molecule has 0 aromatic carbocycles. The molecule has 5 nitrogen and oxygen atoms in total. The molecule has 0 bridgehead atoms. The van der Waals surface area contributed by atoms with E-state index in [4.69, 9.17) is 10.3 Å². The van der Waals surface area contributed by atoms with E-state index >= 15 is 0 Å². The molecule has 0 saturated carbocycles. The zero-order valence-electron chi connectivity index (χ0n) is 11.0. The van der Waals surface area contributed by atoms with Crippen LogP contribution in [-0.4, -0.2) is 23.4 Å². The van der Waals surface area contributed by atoms with Crippen molar-refractivity contribution < 1.29 is 9.21 Å². The summed E-state index contributed by atoms with van der Waals surface area (Å²) in [6.45, 7) is 5.96.